The molecule has 1 aliphatic carbocycles. The standard InChI is InChI=1S/C13H16N2O/c14-8-13(5-9(16)6-13)11-7-15-12-4-2-1-3-10(11)12/h1-4,7,9,15-16H,5-6,8,14H2. The maximum atomic E-state index is 9.52. The molecule has 1 heterocycles. The van der Waals surface area contributed by atoms with Crippen LogP contribution in [-0.4, -0.2) is 22.7 Å². The monoisotopic (exact) mass is 216 g/mol. The van der Waals surface area contributed by atoms with Crippen LogP contribution in [0, 0.1) is 0 Å². The number of aliphatic hydroxyl groups is 1. The molecule has 1 aliphatic rings. The van der Waals surface area contributed by atoms with Gasteiger partial charge in [0.2, 0.25) is 0 Å². The molecule has 0 unspecified atom stereocenters. The number of aromatic amines is 1. The molecule has 1 saturated carbocycles. The van der Waals surface area contributed by atoms with Crippen LogP contribution in [0.4, 0.5) is 0 Å². The summed E-state index contributed by atoms with van der Waals surface area (Å²) in [5.74, 6) is 0. The lowest BCUT2D eigenvalue weighted by Crippen LogP contribution is -2.49. The largest absolute Gasteiger partial charge is 0.393 e. The Labute approximate surface area is 94.3 Å². The number of aromatic nitrogens is 1. The molecule has 0 aliphatic heterocycles. The number of hydrogen-bond acceptors (Lipinski definition) is 2. The number of benzene rings is 1. The Morgan fingerprint density at radius 3 is 2.81 bits per heavy atom. The molecule has 0 atom stereocenters. The fourth-order valence-corrected chi connectivity index (χ4v) is 2.85. The highest BCUT2D eigenvalue weighted by molar-refractivity contribution is 5.84. The van der Waals surface area contributed by atoms with Crippen molar-refractivity contribution in [3.05, 3.63) is 36.0 Å². The first-order valence-corrected chi connectivity index (χ1v) is 5.70. The summed E-state index contributed by atoms with van der Waals surface area (Å²) in [6, 6.07) is 8.24. The van der Waals surface area contributed by atoms with Crippen molar-refractivity contribution < 1.29 is 5.11 Å². The smallest absolute Gasteiger partial charge is 0.0558 e. The highest BCUT2D eigenvalue weighted by atomic mass is 16.3. The molecule has 0 spiro atoms. The minimum atomic E-state index is -0.183. The number of rotatable bonds is 2. The van der Waals surface area contributed by atoms with Crippen LogP contribution in [0.5, 0.6) is 0 Å². The summed E-state index contributed by atoms with van der Waals surface area (Å²) < 4.78 is 0. The zero-order valence-corrected chi connectivity index (χ0v) is 9.11. The molecular weight excluding hydrogens is 200 g/mol. The molecule has 3 nitrogen and oxygen atoms in total. The van der Waals surface area contributed by atoms with Crippen LogP contribution in [0.2, 0.25) is 0 Å². The van der Waals surface area contributed by atoms with Crippen molar-refractivity contribution in [3.8, 4) is 0 Å². The average Bonchev–Trinajstić information content (AvgIpc) is 2.68. The number of aliphatic hydroxyl groups excluding tert-OH is 1. The summed E-state index contributed by atoms with van der Waals surface area (Å²) in [5.41, 5.74) is 8.28. The van der Waals surface area contributed by atoms with Gasteiger partial charge in [-0.05, 0) is 24.5 Å². The van der Waals surface area contributed by atoms with Crippen molar-refractivity contribution in [3.63, 3.8) is 0 Å². The molecule has 1 fully saturated rings. The van der Waals surface area contributed by atoms with E-state index >= 15 is 0 Å². The van der Waals surface area contributed by atoms with Crippen molar-refractivity contribution in [2.24, 2.45) is 5.73 Å². The van der Waals surface area contributed by atoms with Gasteiger partial charge in [0.25, 0.3) is 0 Å². The fraction of sp³-hybridized carbons (Fsp3) is 0.385. The quantitative estimate of drug-likeness (QED) is 0.712. The van der Waals surface area contributed by atoms with Gasteiger partial charge in [0, 0.05) is 29.1 Å². The summed E-state index contributed by atoms with van der Waals surface area (Å²) in [7, 11) is 0. The third-order valence-electron chi connectivity index (χ3n) is 3.80. The number of fused-ring (bicyclic) bond motifs is 1. The molecule has 3 heteroatoms. The molecule has 2 aromatic rings. The normalized spacial score (nSPS) is 29.2. The topological polar surface area (TPSA) is 62.0 Å². The van der Waals surface area contributed by atoms with Crippen LogP contribution in [0.25, 0.3) is 10.9 Å². The Balaban J connectivity index is 2.12. The molecule has 0 bridgehead atoms. The Morgan fingerprint density at radius 1 is 1.38 bits per heavy atom. The summed E-state index contributed by atoms with van der Waals surface area (Å²) >= 11 is 0. The van der Waals surface area contributed by atoms with Gasteiger partial charge in [0.05, 0.1) is 6.10 Å². The van der Waals surface area contributed by atoms with E-state index in [2.05, 4.69) is 17.1 Å². The van der Waals surface area contributed by atoms with Crippen molar-refractivity contribution in [1.29, 1.82) is 0 Å². The second-order valence-electron chi connectivity index (χ2n) is 4.79. The molecule has 0 radical (unpaired) electrons. The first kappa shape index (κ1) is 9.87. The van der Waals surface area contributed by atoms with Gasteiger partial charge in [-0.25, -0.2) is 0 Å². The minimum absolute atomic E-state index is 0.0149. The van der Waals surface area contributed by atoms with Crippen molar-refractivity contribution >= 4 is 10.9 Å². The van der Waals surface area contributed by atoms with Gasteiger partial charge in [-0.15, -0.1) is 0 Å². The molecule has 0 saturated heterocycles. The zero-order valence-electron chi connectivity index (χ0n) is 9.11. The van der Waals surface area contributed by atoms with E-state index in [0.29, 0.717) is 6.54 Å². The maximum Gasteiger partial charge on any atom is 0.0558 e. The third-order valence-corrected chi connectivity index (χ3v) is 3.80. The van der Waals surface area contributed by atoms with Gasteiger partial charge in [-0.3, -0.25) is 0 Å². The molecular formula is C13H16N2O. The van der Waals surface area contributed by atoms with E-state index in [9.17, 15) is 5.11 Å². The summed E-state index contributed by atoms with van der Waals surface area (Å²) in [5, 5.41) is 10.8. The van der Waals surface area contributed by atoms with Gasteiger partial charge >= 0.3 is 0 Å². The minimum Gasteiger partial charge on any atom is -0.393 e. The Morgan fingerprint density at radius 2 is 2.12 bits per heavy atom. The molecule has 84 valence electrons. The van der Waals surface area contributed by atoms with Gasteiger partial charge < -0.3 is 15.8 Å². The zero-order chi connectivity index (χ0) is 11.2. The Bertz CT molecular complexity index is 511. The van der Waals surface area contributed by atoms with Gasteiger partial charge in [-0.2, -0.15) is 0 Å². The second-order valence-corrected chi connectivity index (χ2v) is 4.79. The van der Waals surface area contributed by atoms with Crippen molar-refractivity contribution in [2.45, 2.75) is 24.4 Å². The molecule has 3 rings (SSSR count). The Hall–Kier alpha value is -1.32. The van der Waals surface area contributed by atoms with Gasteiger partial charge in [0.15, 0.2) is 0 Å². The molecule has 0 amide bonds. The molecule has 4 N–H and O–H groups in total. The first-order valence-electron chi connectivity index (χ1n) is 5.70. The van der Waals surface area contributed by atoms with E-state index in [1.807, 2.05) is 18.3 Å². The number of nitrogens with two attached hydrogens (primary N) is 1. The van der Waals surface area contributed by atoms with Gasteiger partial charge in [0.1, 0.15) is 0 Å². The lowest BCUT2D eigenvalue weighted by molar-refractivity contribution is 0.0229. The number of para-hydroxylation sites is 1. The van der Waals surface area contributed by atoms with Crippen molar-refractivity contribution in [1.82, 2.24) is 4.98 Å². The molecule has 16 heavy (non-hydrogen) atoms. The fourth-order valence-electron chi connectivity index (χ4n) is 2.85. The SMILES string of the molecule is NCC1(c2c[nH]c3ccccc23)CC(O)C1. The number of nitrogens with one attached hydrogen (secondary N) is 1. The average molecular weight is 216 g/mol. The van der Waals surface area contributed by atoms with Crippen LogP contribution in [0.3, 0.4) is 0 Å². The van der Waals surface area contributed by atoms with E-state index in [1.54, 1.807) is 0 Å². The van der Waals surface area contributed by atoms with E-state index in [-0.39, 0.29) is 11.5 Å². The number of hydrogen-bond donors (Lipinski definition) is 3. The van der Waals surface area contributed by atoms with Crippen LogP contribution < -0.4 is 5.73 Å². The highest BCUT2D eigenvalue weighted by Gasteiger charge is 2.44. The van der Waals surface area contributed by atoms with Crippen LogP contribution >= 0.6 is 0 Å². The lowest BCUT2D eigenvalue weighted by Gasteiger charge is -2.44. The van der Waals surface area contributed by atoms with Crippen LogP contribution in [0.1, 0.15) is 18.4 Å². The first-order chi connectivity index (χ1) is 7.75. The Kier molecular flexibility index (Phi) is 2.06. The molecule has 1 aromatic carbocycles. The van der Waals surface area contributed by atoms with E-state index in [0.717, 1.165) is 18.4 Å². The summed E-state index contributed by atoms with van der Waals surface area (Å²) in [6.45, 7) is 0.603. The third kappa shape index (κ3) is 1.22. The molecule has 1 aromatic heterocycles. The predicted molar refractivity (Wildman–Crippen MR) is 64.3 cm³/mol. The second kappa shape index (κ2) is 3.34. The van der Waals surface area contributed by atoms with E-state index < -0.39 is 0 Å². The summed E-state index contributed by atoms with van der Waals surface area (Å²) in [6.07, 6.45) is 3.43. The highest BCUT2D eigenvalue weighted by Crippen LogP contribution is 2.45. The van der Waals surface area contributed by atoms with Crippen LogP contribution in [0.15, 0.2) is 30.5 Å². The van der Waals surface area contributed by atoms with Gasteiger partial charge in [-0.1, -0.05) is 18.2 Å². The van der Waals surface area contributed by atoms with Crippen molar-refractivity contribution in [2.75, 3.05) is 6.54 Å². The van der Waals surface area contributed by atoms with Crippen LogP contribution in [-0.2, 0) is 5.41 Å². The summed E-state index contributed by atoms with van der Waals surface area (Å²) in [4.78, 5) is 3.27. The predicted octanol–water partition coefficient (Wildman–Crippen LogP) is 1.52. The van der Waals surface area contributed by atoms with E-state index in [4.69, 9.17) is 5.73 Å². The lowest BCUT2D eigenvalue weighted by atomic mass is 9.63. The van der Waals surface area contributed by atoms with E-state index in [1.165, 1.54) is 10.9 Å². The maximum absolute atomic E-state index is 9.52. The number of H-pyrrole nitrogens is 1.